The van der Waals surface area contributed by atoms with Gasteiger partial charge in [-0.15, -0.1) is 13.1 Å². The van der Waals surface area contributed by atoms with Crippen LogP contribution in [0.1, 0.15) is 20.3 Å². The average molecular weight is 222 g/mol. The smallest absolute Gasteiger partial charge is 0.658 e. The average Bonchev–Trinajstić information content (AvgIpc) is 2.51. The van der Waals surface area contributed by atoms with Crippen LogP contribution in [0.2, 0.25) is 0 Å². The summed E-state index contributed by atoms with van der Waals surface area (Å²) in [5, 5.41) is 4.45. The summed E-state index contributed by atoms with van der Waals surface area (Å²) in [6, 6.07) is 0.643. The molecule has 2 saturated heterocycles. The van der Waals surface area contributed by atoms with E-state index in [0.717, 1.165) is 32.7 Å². The minimum absolute atomic E-state index is 0. The Hall–Kier alpha value is 1.52. The molecule has 0 amide bonds. The van der Waals surface area contributed by atoms with Crippen molar-refractivity contribution in [3.63, 3.8) is 0 Å². The van der Waals surface area contributed by atoms with Crippen LogP contribution in [0.15, 0.2) is 0 Å². The van der Waals surface area contributed by atoms with Gasteiger partial charge in [0.15, 0.2) is 0 Å². The zero-order valence-corrected chi connectivity index (χ0v) is 12.7. The van der Waals surface area contributed by atoms with E-state index >= 15 is 0 Å². The molecule has 1 spiro atoms. The Labute approximate surface area is 129 Å². The van der Waals surface area contributed by atoms with Gasteiger partial charge in [-0.25, -0.2) is 0 Å². The van der Waals surface area contributed by atoms with Gasteiger partial charge in [0, 0.05) is 25.7 Å². The van der Waals surface area contributed by atoms with Crippen LogP contribution in [-0.2, 0) is 4.74 Å². The van der Waals surface area contributed by atoms with Gasteiger partial charge in [0.25, 0.3) is 0 Å². The van der Waals surface area contributed by atoms with Crippen LogP contribution in [0.4, 0.5) is 0 Å². The molecule has 0 saturated carbocycles. The summed E-state index contributed by atoms with van der Waals surface area (Å²) in [4.78, 5) is 2.49. The number of morpholine rings is 1. The molecule has 2 rings (SSSR count). The molecule has 4 heteroatoms. The molecule has 0 aromatic heterocycles. The van der Waals surface area contributed by atoms with Gasteiger partial charge >= 0.3 is 51.4 Å². The van der Waals surface area contributed by atoms with Crippen LogP contribution in [0.3, 0.4) is 0 Å². The molecule has 76 valence electrons. The van der Waals surface area contributed by atoms with Crippen LogP contribution in [-0.4, -0.2) is 49.3 Å². The van der Waals surface area contributed by atoms with Crippen LogP contribution in [0.25, 0.3) is 5.32 Å². The molecule has 0 radical (unpaired) electrons. The molecule has 14 heavy (non-hydrogen) atoms. The molecule has 0 bridgehead atoms. The Morgan fingerprint density at radius 2 is 2.21 bits per heavy atom. The van der Waals surface area contributed by atoms with E-state index in [0.29, 0.717) is 6.04 Å². The molecule has 2 aliphatic rings. The topological polar surface area (TPSA) is 26.6 Å². The second-order valence-electron chi connectivity index (χ2n) is 4.45. The van der Waals surface area contributed by atoms with E-state index in [9.17, 15) is 0 Å². The first-order chi connectivity index (χ1) is 6.22. The molecule has 1 unspecified atom stereocenters. The van der Waals surface area contributed by atoms with Crippen molar-refractivity contribution in [3.05, 3.63) is 5.32 Å². The quantitative estimate of drug-likeness (QED) is 0.492. The number of rotatable bonds is 1. The van der Waals surface area contributed by atoms with Gasteiger partial charge in [-0.3, -0.25) is 4.90 Å². The largest absolute Gasteiger partial charge is 1.00 e. The summed E-state index contributed by atoms with van der Waals surface area (Å²) >= 11 is 0. The van der Waals surface area contributed by atoms with Crippen LogP contribution in [0, 0.1) is 0 Å². The van der Waals surface area contributed by atoms with Gasteiger partial charge in [-0.1, -0.05) is 0 Å². The molecule has 3 nitrogen and oxygen atoms in total. The number of ether oxygens (including phenoxy) is 1. The Balaban J connectivity index is 0.000000980. The van der Waals surface area contributed by atoms with Gasteiger partial charge in [0.2, 0.25) is 0 Å². The maximum Gasteiger partial charge on any atom is 1.00 e. The van der Waals surface area contributed by atoms with Gasteiger partial charge in [0.1, 0.15) is 0 Å². The monoisotopic (exact) mass is 222 g/mol. The predicted octanol–water partition coefficient (Wildman–Crippen LogP) is -1.75. The van der Waals surface area contributed by atoms with E-state index in [-0.39, 0.29) is 57.0 Å². The molecular weight excluding hydrogens is 203 g/mol. The van der Waals surface area contributed by atoms with Gasteiger partial charge < -0.3 is 10.1 Å². The summed E-state index contributed by atoms with van der Waals surface area (Å²) in [5.74, 6) is 0. The molecule has 2 heterocycles. The SMILES string of the molecule is CC(C)N1CCC2(C[N-]CCO2)C1.[K+]. The van der Waals surface area contributed by atoms with E-state index in [1.807, 2.05) is 0 Å². The molecule has 2 aliphatic heterocycles. The van der Waals surface area contributed by atoms with E-state index in [1.54, 1.807) is 0 Å². The first-order valence-electron chi connectivity index (χ1n) is 5.23. The zero-order valence-electron chi connectivity index (χ0n) is 9.62. The Kier molecular flexibility index (Phi) is 5.56. The second kappa shape index (κ2) is 5.73. The molecule has 0 aromatic carbocycles. The second-order valence-corrected chi connectivity index (χ2v) is 4.45. The molecule has 1 atom stereocenters. The summed E-state index contributed by atoms with van der Waals surface area (Å²) in [6.45, 7) is 9.38. The van der Waals surface area contributed by atoms with Crippen molar-refractivity contribution in [2.45, 2.75) is 31.9 Å². The summed E-state index contributed by atoms with van der Waals surface area (Å²) < 4.78 is 5.87. The van der Waals surface area contributed by atoms with Crippen molar-refractivity contribution in [2.75, 3.05) is 32.8 Å². The van der Waals surface area contributed by atoms with Gasteiger partial charge in [-0.2, -0.15) is 0 Å². The molecular formula is C10H19KN2O. The first-order valence-corrected chi connectivity index (χ1v) is 5.23. The van der Waals surface area contributed by atoms with E-state index in [1.165, 1.54) is 6.54 Å². The summed E-state index contributed by atoms with van der Waals surface area (Å²) in [5.41, 5.74) is 0.0858. The molecule has 0 aromatic rings. The maximum absolute atomic E-state index is 5.87. The molecule has 0 N–H and O–H groups in total. The van der Waals surface area contributed by atoms with Crippen molar-refractivity contribution in [1.82, 2.24) is 4.90 Å². The minimum Gasteiger partial charge on any atom is -0.658 e. The van der Waals surface area contributed by atoms with Gasteiger partial charge in [-0.05, 0) is 20.3 Å². The zero-order chi connectivity index (χ0) is 9.31. The Morgan fingerprint density at radius 1 is 1.43 bits per heavy atom. The minimum atomic E-state index is 0. The Morgan fingerprint density at radius 3 is 2.71 bits per heavy atom. The van der Waals surface area contributed by atoms with E-state index in [2.05, 4.69) is 24.1 Å². The van der Waals surface area contributed by atoms with Crippen molar-refractivity contribution in [3.8, 4) is 0 Å². The fourth-order valence-electron chi connectivity index (χ4n) is 2.22. The van der Waals surface area contributed by atoms with Crippen molar-refractivity contribution in [1.29, 1.82) is 0 Å². The number of hydrogen-bond acceptors (Lipinski definition) is 2. The third kappa shape index (κ3) is 3.01. The molecule has 0 aliphatic carbocycles. The standard InChI is InChI=1S/C10H19N2O.K/c1-9(2)12-5-3-10(8-12)7-11-4-6-13-10;/h9H,3-8H2,1-2H3;/q-1;+1. The van der Waals surface area contributed by atoms with Gasteiger partial charge in [0.05, 0.1) is 5.60 Å². The fourth-order valence-corrected chi connectivity index (χ4v) is 2.22. The number of hydrogen-bond donors (Lipinski definition) is 0. The third-order valence-corrected chi connectivity index (χ3v) is 3.13. The van der Waals surface area contributed by atoms with Crippen LogP contribution < -0.4 is 51.4 Å². The van der Waals surface area contributed by atoms with Crippen molar-refractivity contribution >= 4 is 0 Å². The Bertz CT molecular complexity index is 181. The first kappa shape index (κ1) is 13.6. The van der Waals surface area contributed by atoms with Crippen LogP contribution in [0.5, 0.6) is 0 Å². The van der Waals surface area contributed by atoms with Crippen molar-refractivity contribution in [2.24, 2.45) is 0 Å². The molecule has 2 fully saturated rings. The summed E-state index contributed by atoms with van der Waals surface area (Å²) in [6.07, 6.45) is 1.16. The van der Waals surface area contributed by atoms with E-state index in [4.69, 9.17) is 4.74 Å². The number of likely N-dealkylation sites (tertiary alicyclic amines) is 1. The third-order valence-electron chi connectivity index (χ3n) is 3.13. The maximum atomic E-state index is 5.87. The normalized spacial score (nSPS) is 33.6. The van der Waals surface area contributed by atoms with E-state index < -0.39 is 0 Å². The predicted molar refractivity (Wildman–Crippen MR) is 53.1 cm³/mol. The number of nitrogens with zero attached hydrogens (tertiary/aromatic N) is 2. The van der Waals surface area contributed by atoms with Crippen molar-refractivity contribution < 1.29 is 56.1 Å². The fraction of sp³-hybridized carbons (Fsp3) is 1.00. The summed E-state index contributed by atoms with van der Waals surface area (Å²) in [7, 11) is 0. The van der Waals surface area contributed by atoms with Crippen LogP contribution >= 0.6 is 0 Å².